The highest BCUT2D eigenvalue weighted by Gasteiger charge is 2.21. The van der Waals surface area contributed by atoms with Gasteiger partial charge in [0.05, 0.1) is 11.4 Å². The highest BCUT2D eigenvalue weighted by atomic mass is 32.2. The van der Waals surface area contributed by atoms with Crippen molar-refractivity contribution in [2.45, 2.75) is 61.5 Å². The molecule has 1 aromatic heterocycles. The molecule has 2 heterocycles. The predicted molar refractivity (Wildman–Crippen MR) is 89.4 cm³/mol. The van der Waals surface area contributed by atoms with Crippen LogP contribution in [0.4, 0.5) is 5.82 Å². The molecule has 3 rings (SSSR count). The average molecular weight is 310 g/mol. The number of nitrogens with one attached hydrogen (secondary N) is 1. The molecule has 0 radical (unpaired) electrons. The number of nitrogens with zero attached hydrogens (tertiary/aromatic N) is 2. The smallest absolute Gasteiger partial charge is 0.140 e. The maximum Gasteiger partial charge on any atom is 0.140 e. The van der Waals surface area contributed by atoms with Crippen molar-refractivity contribution in [1.82, 2.24) is 9.97 Å². The Balaban J connectivity index is 1.70. The van der Waals surface area contributed by atoms with Gasteiger partial charge in [0.1, 0.15) is 11.6 Å². The minimum atomic E-state index is 0.841. The molecule has 1 N–H and O–H groups in total. The van der Waals surface area contributed by atoms with Gasteiger partial charge in [-0.15, -0.1) is 0 Å². The molecular weight excluding hydrogens is 286 g/mol. The molecule has 0 spiro atoms. The zero-order valence-electron chi connectivity index (χ0n) is 12.2. The first kappa shape index (κ1) is 14.5. The summed E-state index contributed by atoms with van der Waals surface area (Å²) in [6, 6.07) is 0. The lowest BCUT2D eigenvalue weighted by molar-refractivity contribution is 0.886. The van der Waals surface area contributed by atoms with E-state index in [4.69, 9.17) is 9.97 Å². The van der Waals surface area contributed by atoms with E-state index >= 15 is 0 Å². The van der Waals surface area contributed by atoms with E-state index in [-0.39, 0.29) is 0 Å². The Morgan fingerprint density at radius 2 is 2.10 bits per heavy atom. The van der Waals surface area contributed by atoms with E-state index in [1.165, 1.54) is 36.9 Å². The summed E-state index contributed by atoms with van der Waals surface area (Å²) in [5.41, 5.74) is 2.61. The summed E-state index contributed by atoms with van der Waals surface area (Å²) in [5.74, 6) is 5.23. The average Bonchev–Trinajstić information content (AvgIpc) is 3.13. The Morgan fingerprint density at radius 3 is 2.90 bits per heavy atom. The van der Waals surface area contributed by atoms with Gasteiger partial charge in [0.2, 0.25) is 0 Å². The summed E-state index contributed by atoms with van der Waals surface area (Å²) < 4.78 is 0. The van der Waals surface area contributed by atoms with Crippen LogP contribution in [0.25, 0.3) is 0 Å². The molecule has 5 heteroatoms. The van der Waals surface area contributed by atoms with Gasteiger partial charge in [-0.05, 0) is 19.3 Å². The zero-order valence-corrected chi connectivity index (χ0v) is 13.8. The van der Waals surface area contributed by atoms with E-state index in [0.29, 0.717) is 0 Å². The van der Waals surface area contributed by atoms with Crippen molar-refractivity contribution in [2.24, 2.45) is 0 Å². The summed E-state index contributed by atoms with van der Waals surface area (Å²) in [4.78, 5) is 9.58. The minimum absolute atomic E-state index is 0.841. The van der Waals surface area contributed by atoms with Crippen LogP contribution in [0.15, 0.2) is 0 Å². The Labute approximate surface area is 130 Å². The number of thioether (sulfide) groups is 2. The molecule has 0 amide bonds. The van der Waals surface area contributed by atoms with Crippen LogP contribution in [0.5, 0.6) is 0 Å². The standard InChI is InChI=1S/C15H23N3S2/c1-2-7-16-15-12-8-19-9-13(12)17-14(18-15)10-20-11-5-3-4-6-11/h11H,2-10H2,1H3,(H,16,17,18). The summed E-state index contributed by atoms with van der Waals surface area (Å²) in [7, 11) is 0. The van der Waals surface area contributed by atoms with E-state index in [1.807, 2.05) is 11.8 Å². The molecule has 1 saturated carbocycles. The lowest BCUT2D eigenvalue weighted by Crippen LogP contribution is -2.09. The second-order valence-corrected chi connectivity index (χ2v) is 7.83. The quantitative estimate of drug-likeness (QED) is 0.851. The van der Waals surface area contributed by atoms with Crippen molar-refractivity contribution >= 4 is 29.3 Å². The third-order valence-corrected chi connectivity index (χ3v) is 6.26. The van der Waals surface area contributed by atoms with E-state index < -0.39 is 0 Å². The highest BCUT2D eigenvalue weighted by Crippen LogP contribution is 2.35. The number of anilines is 1. The first-order valence-electron chi connectivity index (χ1n) is 7.68. The molecule has 1 aliphatic heterocycles. The van der Waals surface area contributed by atoms with Crippen molar-refractivity contribution in [3.8, 4) is 0 Å². The second kappa shape index (κ2) is 7.03. The number of fused-ring (bicyclic) bond motifs is 1. The lowest BCUT2D eigenvalue weighted by atomic mass is 10.2. The Hall–Kier alpha value is -0.420. The highest BCUT2D eigenvalue weighted by molar-refractivity contribution is 7.99. The maximum atomic E-state index is 4.79. The van der Waals surface area contributed by atoms with E-state index in [1.54, 1.807) is 0 Å². The summed E-state index contributed by atoms with van der Waals surface area (Å²) in [5, 5.41) is 4.33. The molecule has 110 valence electrons. The molecule has 0 atom stereocenters. The Morgan fingerprint density at radius 1 is 1.25 bits per heavy atom. The summed E-state index contributed by atoms with van der Waals surface area (Å²) >= 11 is 4.01. The van der Waals surface area contributed by atoms with Gasteiger partial charge in [-0.3, -0.25) is 0 Å². The van der Waals surface area contributed by atoms with Crippen LogP contribution < -0.4 is 5.32 Å². The van der Waals surface area contributed by atoms with Crippen LogP contribution in [0, 0.1) is 0 Å². The van der Waals surface area contributed by atoms with Crippen LogP contribution in [-0.4, -0.2) is 21.8 Å². The van der Waals surface area contributed by atoms with Crippen LogP contribution in [0.2, 0.25) is 0 Å². The van der Waals surface area contributed by atoms with Gasteiger partial charge in [0.25, 0.3) is 0 Å². The molecule has 1 fully saturated rings. The topological polar surface area (TPSA) is 37.8 Å². The number of hydrogen-bond donors (Lipinski definition) is 1. The van der Waals surface area contributed by atoms with Gasteiger partial charge in [-0.2, -0.15) is 23.5 Å². The SMILES string of the molecule is CCCNc1nc(CSC2CCCC2)nc2c1CSC2. The predicted octanol–water partition coefficient (Wildman–Crippen LogP) is 4.22. The first-order chi connectivity index (χ1) is 9.86. The van der Waals surface area contributed by atoms with E-state index in [9.17, 15) is 0 Å². The fourth-order valence-corrected chi connectivity index (χ4v) is 5.03. The van der Waals surface area contributed by atoms with Crippen molar-refractivity contribution in [1.29, 1.82) is 0 Å². The van der Waals surface area contributed by atoms with Crippen molar-refractivity contribution in [2.75, 3.05) is 11.9 Å². The van der Waals surface area contributed by atoms with Gasteiger partial charge >= 0.3 is 0 Å². The minimum Gasteiger partial charge on any atom is -0.370 e. The number of rotatable bonds is 6. The summed E-state index contributed by atoms with van der Waals surface area (Å²) in [6.45, 7) is 3.20. The van der Waals surface area contributed by atoms with Gasteiger partial charge in [0.15, 0.2) is 0 Å². The van der Waals surface area contributed by atoms with Crippen LogP contribution in [0.3, 0.4) is 0 Å². The van der Waals surface area contributed by atoms with Crippen molar-refractivity contribution in [3.05, 3.63) is 17.1 Å². The van der Waals surface area contributed by atoms with Gasteiger partial charge in [0, 0.05) is 28.9 Å². The van der Waals surface area contributed by atoms with Crippen LogP contribution in [-0.2, 0) is 17.3 Å². The molecule has 1 aliphatic carbocycles. The normalized spacial score (nSPS) is 18.4. The Kier molecular flexibility index (Phi) is 5.10. The molecule has 3 nitrogen and oxygen atoms in total. The lowest BCUT2D eigenvalue weighted by Gasteiger charge is -2.12. The van der Waals surface area contributed by atoms with Gasteiger partial charge < -0.3 is 5.32 Å². The molecule has 20 heavy (non-hydrogen) atoms. The zero-order chi connectivity index (χ0) is 13.8. The number of hydrogen-bond acceptors (Lipinski definition) is 5. The molecule has 0 bridgehead atoms. The fourth-order valence-electron chi connectivity index (χ4n) is 2.80. The van der Waals surface area contributed by atoms with E-state index in [0.717, 1.165) is 47.1 Å². The third-order valence-electron chi connectivity index (χ3n) is 3.92. The largest absolute Gasteiger partial charge is 0.370 e. The van der Waals surface area contributed by atoms with Crippen LogP contribution >= 0.6 is 23.5 Å². The molecule has 2 aliphatic rings. The second-order valence-electron chi connectivity index (χ2n) is 5.55. The van der Waals surface area contributed by atoms with Crippen molar-refractivity contribution < 1.29 is 0 Å². The maximum absolute atomic E-state index is 4.79. The third kappa shape index (κ3) is 3.42. The van der Waals surface area contributed by atoms with Gasteiger partial charge in [-0.25, -0.2) is 9.97 Å². The Bertz CT molecular complexity index is 459. The molecule has 0 saturated heterocycles. The molecule has 0 unspecified atom stereocenters. The van der Waals surface area contributed by atoms with Gasteiger partial charge in [-0.1, -0.05) is 19.8 Å². The fraction of sp³-hybridized carbons (Fsp3) is 0.733. The van der Waals surface area contributed by atoms with E-state index in [2.05, 4.69) is 24.0 Å². The number of aromatic nitrogens is 2. The molecular formula is C15H23N3S2. The molecule has 0 aromatic carbocycles. The van der Waals surface area contributed by atoms with Crippen LogP contribution in [0.1, 0.15) is 56.1 Å². The molecule has 1 aromatic rings. The monoisotopic (exact) mass is 309 g/mol. The first-order valence-corrected chi connectivity index (χ1v) is 9.89. The summed E-state index contributed by atoms with van der Waals surface area (Å²) in [6.07, 6.45) is 6.71. The van der Waals surface area contributed by atoms with Crippen molar-refractivity contribution in [3.63, 3.8) is 0 Å².